The fraction of sp³-hybridized carbons (Fsp3) is 0.450. The molecule has 2 aliphatic heterocycles. The van der Waals surface area contributed by atoms with Gasteiger partial charge in [0.1, 0.15) is 0 Å². The first-order valence-corrected chi connectivity index (χ1v) is 10.6. The third kappa shape index (κ3) is 2.69. The Kier molecular flexibility index (Phi) is 4.03. The fourth-order valence-electron chi connectivity index (χ4n) is 4.74. The van der Waals surface area contributed by atoms with E-state index in [0.717, 1.165) is 64.6 Å². The predicted octanol–water partition coefficient (Wildman–Crippen LogP) is 2.74. The first-order chi connectivity index (χ1) is 13.1. The second-order valence-electron chi connectivity index (χ2n) is 7.74. The molecule has 0 saturated carbocycles. The Morgan fingerprint density at radius 1 is 1.11 bits per heavy atom. The normalized spacial score (nSPS) is 20.3. The van der Waals surface area contributed by atoms with Crippen LogP contribution in [0.5, 0.6) is 0 Å². The van der Waals surface area contributed by atoms with Gasteiger partial charge in [-0.15, -0.1) is 0 Å². The Hall–Kier alpha value is -1.90. The monoisotopic (exact) mass is 476 g/mol. The van der Waals surface area contributed by atoms with Gasteiger partial charge in [-0.25, -0.2) is 4.98 Å². The third-order valence-corrected chi connectivity index (χ3v) is 6.95. The summed E-state index contributed by atoms with van der Waals surface area (Å²) in [6.07, 6.45) is 5.34. The minimum atomic E-state index is -0.454. The Balaban J connectivity index is 1.42. The average Bonchev–Trinajstić information content (AvgIpc) is 2.93. The number of amides is 1. The van der Waals surface area contributed by atoms with Gasteiger partial charge in [0, 0.05) is 27.9 Å². The number of nitrogens with zero attached hydrogens (tertiary/aromatic N) is 2. The Labute approximate surface area is 170 Å². The van der Waals surface area contributed by atoms with Gasteiger partial charge in [0.15, 0.2) is 0 Å². The molecule has 3 heterocycles. The average molecular weight is 476 g/mol. The van der Waals surface area contributed by atoms with E-state index in [4.69, 9.17) is 4.98 Å². The Bertz CT molecular complexity index is 992. The largest absolute Gasteiger partial charge is 0.342 e. The van der Waals surface area contributed by atoms with E-state index in [-0.39, 0.29) is 11.5 Å². The second-order valence-corrected chi connectivity index (χ2v) is 8.98. The molecule has 0 bridgehead atoms. The van der Waals surface area contributed by atoms with Gasteiger partial charge in [-0.05, 0) is 78.8 Å². The van der Waals surface area contributed by atoms with Crippen LogP contribution in [0.15, 0.2) is 23.0 Å². The summed E-state index contributed by atoms with van der Waals surface area (Å²) in [7, 11) is 0. The maximum Gasteiger partial charge on any atom is 0.255 e. The number of hydrogen-bond acceptors (Lipinski definition) is 4. The molecule has 1 amide bonds. The number of carbonyl (C=O) groups is 1. The van der Waals surface area contributed by atoms with Crippen LogP contribution in [-0.4, -0.2) is 29.0 Å². The standard InChI is InChI=1S/C20H21IN4O2/c21-12-5-6-14-16(11-12)22-18(27)20(14)7-9-25(10-8-20)19-23-15-4-2-1-3-13(15)17(26)24-19/h5-6,11H,1-4,7-10H2,(H,22,27)(H,23,24,26). The third-order valence-electron chi connectivity index (χ3n) is 6.28. The number of rotatable bonds is 1. The minimum absolute atomic E-state index is 0.00789. The molecule has 1 spiro atoms. The van der Waals surface area contributed by atoms with Crippen molar-refractivity contribution in [3.8, 4) is 0 Å². The lowest BCUT2D eigenvalue weighted by atomic mass is 9.74. The van der Waals surface area contributed by atoms with Gasteiger partial charge in [0.05, 0.1) is 11.1 Å². The SMILES string of the molecule is O=C1Nc2cc(I)ccc2C12CCN(c1nc3c(c(=O)[nH]1)CCCC3)CC2. The second kappa shape index (κ2) is 6.32. The van der Waals surface area contributed by atoms with Crippen LogP contribution in [-0.2, 0) is 23.1 Å². The van der Waals surface area contributed by atoms with Gasteiger partial charge in [-0.1, -0.05) is 6.07 Å². The first kappa shape index (κ1) is 17.2. The minimum Gasteiger partial charge on any atom is -0.342 e. The summed E-state index contributed by atoms with van der Waals surface area (Å²) in [5.41, 5.74) is 3.43. The zero-order valence-electron chi connectivity index (χ0n) is 15.0. The van der Waals surface area contributed by atoms with E-state index in [0.29, 0.717) is 19.0 Å². The zero-order valence-corrected chi connectivity index (χ0v) is 17.1. The lowest BCUT2D eigenvalue weighted by Gasteiger charge is -2.38. The molecule has 0 atom stereocenters. The Morgan fingerprint density at radius 3 is 2.70 bits per heavy atom. The van der Waals surface area contributed by atoms with E-state index >= 15 is 0 Å². The van der Waals surface area contributed by atoms with Gasteiger partial charge in [-0.2, -0.15) is 0 Å². The van der Waals surface area contributed by atoms with E-state index in [1.54, 1.807) is 0 Å². The van der Waals surface area contributed by atoms with Crippen molar-refractivity contribution in [1.82, 2.24) is 9.97 Å². The number of piperidine rings is 1. The molecule has 27 heavy (non-hydrogen) atoms. The number of aromatic nitrogens is 2. The highest BCUT2D eigenvalue weighted by Gasteiger charge is 2.48. The highest BCUT2D eigenvalue weighted by Crippen LogP contribution is 2.45. The summed E-state index contributed by atoms with van der Waals surface area (Å²) in [6, 6.07) is 6.19. The maximum atomic E-state index is 12.8. The molecule has 1 aliphatic carbocycles. The smallest absolute Gasteiger partial charge is 0.255 e. The topological polar surface area (TPSA) is 78.1 Å². The Morgan fingerprint density at radius 2 is 1.89 bits per heavy atom. The molecule has 1 fully saturated rings. The van der Waals surface area contributed by atoms with Crippen LogP contribution in [0.4, 0.5) is 11.6 Å². The van der Waals surface area contributed by atoms with Crippen molar-refractivity contribution >= 4 is 40.1 Å². The molecule has 0 radical (unpaired) electrons. The lowest BCUT2D eigenvalue weighted by Crippen LogP contribution is -2.47. The van der Waals surface area contributed by atoms with Crippen LogP contribution >= 0.6 is 22.6 Å². The number of hydrogen-bond donors (Lipinski definition) is 2. The van der Waals surface area contributed by atoms with Gasteiger partial charge in [0.25, 0.3) is 5.56 Å². The van der Waals surface area contributed by atoms with Crippen molar-refractivity contribution < 1.29 is 4.79 Å². The van der Waals surface area contributed by atoms with Gasteiger partial charge in [-0.3, -0.25) is 14.6 Å². The molecule has 140 valence electrons. The van der Waals surface area contributed by atoms with Gasteiger partial charge in [0.2, 0.25) is 11.9 Å². The molecule has 2 N–H and O–H groups in total. The fourth-order valence-corrected chi connectivity index (χ4v) is 5.23. The molecular formula is C20H21IN4O2. The van der Waals surface area contributed by atoms with E-state index in [1.165, 1.54) is 0 Å². The van der Waals surface area contributed by atoms with Crippen molar-refractivity contribution in [3.63, 3.8) is 0 Å². The summed E-state index contributed by atoms with van der Waals surface area (Å²) in [4.78, 5) is 35.1. The highest BCUT2D eigenvalue weighted by atomic mass is 127. The van der Waals surface area contributed by atoms with E-state index in [1.807, 2.05) is 6.07 Å². The molecular weight excluding hydrogens is 455 g/mol. The number of nitrogens with one attached hydrogen (secondary N) is 2. The van der Waals surface area contributed by atoms with Crippen LogP contribution in [0.25, 0.3) is 0 Å². The number of benzene rings is 1. The summed E-state index contributed by atoms with van der Waals surface area (Å²) >= 11 is 2.27. The number of fused-ring (bicyclic) bond motifs is 3. The number of aryl methyl sites for hydroxylation is 1. The summed E-state index contributed by atoms with van der Waals surface area (Å²) < 4.78 is 1.12. The van der Waals surface area contributed by atoms with E-state index in [9.17, 15) is 9.59 Å². The molecule has 1 aromatic carbocycles. The number of carbonyl (C=O) groups excluding carboxylic acids is 1. The zero-order chi connectivity index (χ0) is 18.6. The molecule has 3 aliphatic rings. The molecule has 2 aromatic rings. The molecule has 6 nitrogen and oxygen atoms in total. The van der Waals surface area contributed by atoms with Crippen molar-refractivity contribution in [3.05, 3.63) is 48.9 Å². The van der Waals surface area contributed by atoms with Gasteiger partial charge < -0.3 is 10.2 Å². The molecule has 5 rings (SSSR count). The number of anilines is 2. The molecule has 1 saturated heterocycles. The summed E-state index contributed by atoms with van der Waals surface area (Å²) in [5.74, 6) is 0.766. The summed E-state index contributed by atoms with van der Waals surface area (Å²) in [5, 5.41) is 3.07. The van der Waals surface area contributed by atoms with E-state index in [2.05, 4.69) is 49.9 Å². The lowest BCUT2D eigenvalue weighted by molar-refractivity contribution is -0.121. The predicted molar refractivity (Wildman–Crippen MR) is 112 cm³/mol. The van der Waals surface area contributed by atoms with Crippen LogP contribution in [0.3, 0.4) is 0 Å². The number of aromatic amines is 1. The molecule has 7 heteroatoms. The van der Waals surface area contributed by atoms with Crippen LogP contribution in [0, 0.1) is 3.57 Å². The number of halogens is 1. The van der Waals surface area contributed by atoms with Crippen molar-refractivity contribution in [2.24, 2.45) is 0 Å². The van der Waals surface area contributed by atoms with Crippen molar-refractivity contribution in [1.29, 1.82) is 0 Å². The van der Waals surface area contributed by atoms with Crippen molar-refractivity contribution in [2.45, 2.75) is 43.9 Å². The quantitative estimate of drug-likeness (QED) is 0.621. The van der Waals surface area contributed by atoms with Gasteiger partial charge >= 0.3 is 0 Å². The van der Waals surface area contributed by atoms with Crippen molar-refractivity contribution in [2.75, 3.05) is 23.3 Å². The molecule has 0 unspecified atom stereocenters. The van der Waals surface area contributed by atoms with Crippen LogP contribution < -0.4 is 15.8 Å². The van der Waals surface area contributed by atoms with Crippen LogP contribution in [0.2, 0.25) is 0 Å². The first-order valence-electron chi connectivity index (χ1n) is 9.55. The highest BCUT2D eigenvalue weighted by molar-refractivity contribution is 14.1. The summed E-state index contributed by atoms with van der Waals surface area (Å²) in [6.45, 7) is 1.42. The van der Waals surface area contributed by atoms with E-state index < -0.39 is 5.41 Å². The van der Waals surface area contributed by atoms with Crippen LogP contribution in [0.1, 0.15) is 42.5 Å². The number of H-pyrrole nitrogens is 1. The maximum absolute atomic E-state index is 12.8. The molecule has 1 aromatic heterocycles.